The van der Waals surface area contributed by atoms with Crippen LogP contribution >= 0.6 is 0 Å². The van der Waals surface area contributed by atoms with Crippen LogP contribution in [0.4, 0.5) is 4.79 Å². The molecule has 1 aliphatic rings. The van der Waals surface area contributed by atoms with Crippen LogP contribution in [0.5, 0.6) is 0 Å². The van der Waals surface area contributed by atoms with Gasteiger partial charge in [0.15, 0.2) is 5.96 Å². The highest BCUT2D eigenvalue weighted by Crippen LogP contribution is 2.12. The second kappa shape index (κ2) is 8.86. The topological polar surface area (TPSA) is 66.0 Å². The maximum Gasteiger partial charge on any atom is 0.407 e. The van der Waals surface area contributed by atoms with Gasteiger partial charge >= 0.3 is 6.09 Å². The van der Waals surface area contributed by atoms with Crippen LogP contribution < -0.4 is 10.6 Å². The first-order valence-electron chi connectivity index (χ1n) is 8.31. The maximum atomic E-state index is 11.8. The van der Waals surface area contributed by atoms with Crippen LogP contribution in [0.25, 0.3) is 0 Å². The standard InChI is InChI=1S/C16H32N4O2/c1-6-7-8-10-18-14(17-5)20-11-9-13(12-20)19-15(21)22-16(2,3)4/h13H,6-12H2,1-5H3,(H,17,18)(H,19,21). The maximum absolute atomic E-state index is 11.8. The van der Waals surface area contributed by atoms with Crippen molar-refractivity contribution in [2.75, 3.05) is 26.7 Å². The fourth-order valence-corrected chi connectivity index (χ4v) is 2.45. The van der Waals surface area contributed by atoms with Crippen LogP contribution in [0.1, 0.15) is 53.4 Å². The molecule has 128 valence electrons. The summed E-state index contributed by atoms with van der Waals surface area (Å²) < 4.78 is 5.30. The lowest BCUT2D eigenvalue weighted by atomic mass is 10.2. The normalized spacial score (nSPS) is 19.2. The highest BCUT2D eigenvalue weighted by Gasteiger charge is 2.27. The van der Waals surface area contributed by atoms with E-state index < -0.39 is 5.60 Å². The fraction of sp³-hybridized carbons (Fsp3) is 0.875. The molecule has 6 heteroatoms. The summed E-state index contributed by atoms with van der Waals surface area (Å²) in [7, 11) is 1.80. The van der Waals surface area contributed by atoms with E-state index in [1.807, 2.05) is 20.8 Å². The molecule has 22 heavy (non-hydrogen) atoms. The van der Waals surface area contributed by atoms with Crippen molar-refractivity contribution >= 4 is 12.1 Å². The van der Waals surface area contributed by atoms with Crippen LogP contribution in [0.2, 0.25) is 0 Å². The number of unbranched alkanes of at least 4 members (excludes halogenated alkanes) is 2. The summed E-state index contributed by atoms with van der Waals surface area (Å²) in [6.45, 7) is 10.4. The molecule has 1 aliphatic heterocycles. The zero-order valence-corrected chi connectivity index (χ0v) is 14.7. The molecule has 1 atom stereocenters. The lowest BCUT2D eigenvalue weighted by Gasteiger charge is -2.23. The molecule has 1 unspecified atom stereocenters. The quantitative estimate of drug-likeness (QED) is 0.464. The van der Waals surface area contributed by atoms with Crippen molar-refractivity contribution in [1.29, 1.82) is 0 Å². The van der Waals surface area contributed by atoms with Crippen molar-refractivity contribution in [1.82, 2.24) is 15.5 Å². The minimum absolute atomic E-state index is 0.115. The third-order valence-electron chi connectivity index (χ3n) is 3.48. The van der Waals surface area contributed by atoms with E-state index in [1.54, 1.807) is 7.05 Å². The average molecular weight is 312 g/mol. The van der Waals surface area contributed by atoms with E-state index in [2.05, 4.69) is 27.4 Å². The monoisotopic (exact) mass is 312 g/mol. The highest BCUT2D eigenvalue weighted by molar-refractivity contribution is 5.80. The van der Waals surface area contributed by atoms with Crippen molar-refractivity contribution in [2.24, 2.45) is 4.99 Å². The van der Waals surface area contributed by atoms with Crippen molar-refractivity contribution in [2.45, 2.75) is 65.0 Å². The Labute approximate surface area is 134 Å². The number of hydrogen-bond donors (Lipinski definition) is 2. The van der Waals surface area contributed by atoms with Gasteiger partial charge in [-0.15, -0.1) is 0 Å². The zero-order chi connectivity index (χ0) is 16.6. The number of nitrogens with zero attached hydrogens (tertiary/aromatic N) is 2. The summed E-state index contributed by atoms with van der Waals surface area (Å²) in [6.07, 6.45) is 4.17. The fourth-order valence-electron chi connectivity index (χ4n) is 2.45. The number of likely N-dealkylation sites (tertiary alicyclic amines) is 1. The number of ether oxygens (including phenoxy) is 1. The molecule has 0 aliphatic carbocycles. The number of carbonyl (C=O) groups excluding carboxylic acids is 1. The number of aliphatic imine (C=N–C) groups is 1. The van der Waals surface area contributed by atoms with Gasteiger partial charge in [0.25, 0.3) is 0 Å². The van der Waals surface area contributed by atoms with Gasteiger partial charge in [0.2, 0.25) is 0 Å². The molecule has 2 N–H and O–H groups in total. The van der Waals surface area contributed by atoms with E-state index in [4.69, 9.17) is 4.74 Å². The first-order chi connectivity index (χ1) is 10.4. The smallest absolute Gasteiger partial charge is 0.407 e. The lowest BCUT2D eigenvalue weighted by molar-refractivity contribution is 0.0507. The molecular weight excluding hydrogens is 280 g/mol. The van der Waals surface area contributed by atoms with Crippen LogP contribution in [-0.4, -0.2) is 55.3 Å². The van der Waals surface area contributed by atoms with E-state index in [-0.39, 0.29) is 12.1 Å². The van der Waals surface area contributed by atoms with Gasteiger partial charge in [-0.25, -0.2) is 4.79 Å². The molecule has 1 amide bonds. The van der Waals surface area contributed by atoms with E-state index in [1.165, 1.54) is 12.8 Å². The highest BCUT2D eigenvalue weighted by atomic mass is 16.6. The van der Waals surface area contributed by atoms with Crippen LogP contribution in [-0.2, 0) is 4.74 Å². The Hall–Kier alpha value is -1.46. The second-order valence-electron chi connectivity index (χ2n) is 6.76. The molecule has 0 saturated carbocycles. The van der Waals surface area contributed by atoms with Crippen molar-refractivity contribution in [3.63, 3.8) is 0 Å². The number of hydrogen-bond acceptors (Lipinski definition) is 3. The molecule has 1 rings (SSSR count). The van der Waals surface area contributed by atoms with Crippen LogP contribution in [0, 0.1) is 0 Å². The number of carbonyl (C=O) groups is 1. The van der Waals surface area contributed by atoms with Crippen molar-refractivity contribution < 1.29 is 9.53 Å². The average Bonchev–Trinajstić information content (AvgIpc) is 2.85. The van der Waals surface area contributed by atoms with Gasteiger partial charge in [-0.05, 0) is 33.6 Å². The first kappa shape index (κ1) is 18.6. The Morgan fingerprint density at radius 1 is 1.36 bits per heavy atom. The van der Waals surface area contributed by atoms with E-state index in [9.17, 15) is 4.79 Å². The molecule has 0 aromatic carbocycles. The number of amides is 1. The van der Waals surface area contributed by atoms with Crippen molar-refractivity contribution in [3.8, 4) is 0 Å². The summed E-state index contributed by atoms with van der Waals surface area (Å²) in [6, 6.07) is 0.115. The predicted molar refractivity (Wildman–Crippen MR) is 90.2 cm³/mol. The summed E-state index contributed by atoms with van der Waals surface area (Å²) in [5.74, 6) is 0.921. The van der Waals surface area contributed by atoms with E-state index in [0.717, 1.165) is 38.4 Å². The summed E-state index contributed by atoms with van der Waals surface area (Å²) in [4.78, 5) is 18.3. The molecule has 1 saturated heterocycles. The van der Waals surface area contributed by atoms with Crippen LogP contribution in [0.3, 0.4) is 0 Å². The van der Waals surface area contributed by atoms with Gasteiger partial charge in [0, 0.05) is 26.7 Å². The van der Waals surface area contributed by atoms with Gasteiger partial charge in [-0.1, -0.05) is 19.8 Å². The van der Waals surface area contributed by atoms with E-state index in [0.29, 0.717) is 0 Å². The molecule has 0 radical (unpaired) electrons. The number of rotatable bonds is 5. The summed E-state index contributed by atoms with van der Waals surface area (Å²) in [5.41, 5.74) is -0.459. The summed E-state index contributed by atoms with van der Waals surface area (Å²) >= 11 is 0. The molecular formula is C16H32N4O2. The Balaban J connectivity index is 2.36. The minimum Gasteiger partial charge on any atom is -0.444 e. The zero-order valence-electron chi connectivity index (χ0n) is 14.7. The van der Waals surface area contributed by atoms with Gasteiger partial charge < -0.3 is 20.3 Å². The Kier molecular flexibility index (Phi) is 7.48. The number of nitrogens with one attached hydrogen (secondary N) is 2. The van der Waals surface area contributed by atoms with Crippen molar-refractivity contribution in [3.05, 3.63) is 0 Å². The Morgan fingerprint density at radius 3 is 2.68 bits per heavy atom. The Morgan fingerprint density at radius 2 is 2.09 bits per heavy atom. The van der Waals surface area contributed by atoms with Gasteiger partial charge in [0.1, 0.15) is 5.60 Å². The molecule has 0 aromatic heterocycles. The van der Waals surface area contributed by atoms with Gasteiger partial charge in [-0.2, -0.15) is 0 Å². The molecule has 6 nitrogen and oxygen atoms in total. The molecule has 0 spiro atoms. The Bertz CT molecular complexity index is 377. The predicted octanol–water partition coefficient (Wildman–Crippen LogP) is 2.35. The number of alkyl carbamates (subject to hydrolysis) is 1. The third-order valence-corrected chi connectivity index (χ3v) is 3.48. The SMILES string of the molecule is CCCCCNC(=NC)N1CCC(NC(=O)OC(C)(C)C)C1. The first-order valence-corrected chi connectivity index (χ1v) is 8.31. The third kappa shape index (κ3) is 7.00. The van der Waals surface area contributed by atoms with Crippen LogP contribution in [0.15, 0.2) is 4.99 Å². The van der Waals surface area contributed by atoms with E-state index >= 15 is 0 Å². The molecule has 0 bridgehead atoms. The summed E-state index contributed by atoms with van der Waals surface area (Å²) in [5, 5.41) is 6.33. The number of guanidine groups is 1. The van der Waals surface area contributed by atoms with Gasteiger partial charge in [-0.3, -0.25) is 4.99 Å². The minimum atomic E-state index is -0.459. The van der Waals surface area contributed by atoms with Gasteiger partial charge in [0.05, 0.1) is 6.04 Å². The molecule has 1 fully saturated rings. The molecule has 0 aromatic rings. The second-order valence-corrected chi connectivity index (χ2v) is 6.76. The lowest BCUT2D eigenvalue weighted by Crippen LogP contribution is -2.44. The molecule has 1 heterocycles. The largest absolute Gasteiger partial charge is 0.444 e.